The Labute approximate surface area is 187 Å². The Hall–Kier alpha value is -3.48. The van der Waals surface area contributed by atoms with Crippen LogP contribution in [0.25, 0.3) is 0 Å². The predicted octanol–water partition coefficient (Wildman–Crippen LogP) is 3.76. The first-order chi connectivity index (χ1) is 15.1. The number of esters is 1. The van der Waals surface area contributed by atoms with Gasteiger partial charge in [-0.3, -0.25) is 19.3 Å². The number of rotatable bonds is 6. The highest BCUT2D eigenvalue weighted by atomic mass is 16.5. The molecule has 1 fully saturated rings. The summed E-state index contributed by atoms with van der Waals surface area (Å²) < 4.78 is 10.3. The third kappa shape index (κ3) is 4.28. The maximum Gasteiger partial charge on any atom is 0.338 e. The van der Waals surface area contributed by atoms with Crippen LogP contribution < -0.4 is 9.64 Å². The Bertz CT molecular complexity index is 1050. The van der Waals surface area contributed by atoms with Crippen LogP contribution in [0, 0.1) is 11.3 Å². The number of carbonyl (C=O) groups is 4. The van der Waals surface area contributed by atoms with Gasteiger partial charge in [-0.2, -0.15) is 0 Å². The Balaban J connectivity index is 2.12. The van der Waals surface area contributed by atoms with Crippen molar-refractivity contribution in [1.82, 2.24) is 0 Å². The number of ketones is 2. The van der Waals surface area contributed by atoms with Gasteiger partial charge < -0.3 is 9.47 Å². The maximum atomic E-state index is 13.3. The lowest BCUT2D eigenvalue weighted by Gasteiger charge is -2.30. The van der Waals surface area contributed by atoms with Crippen LogP contribution in [0.4, 0.5) is 5.69 Å². The van der Waals surface area contributed by atoms with Crippen molar-refractivity contribution in [2.45, 2.75) is 33.7 Å². The third-order valence-electron chi connectivity index (χ3n) is 5.42. The summed E-state index contributed by atoms with van der Waals surface area (Å²) >= 11 is 0. The molecule has 3 rings (SSSR count). The fourth-order valence-corrected chi connectivity index (χ4v) is 3.82. The molecule has 1 aliphatic rings. The first-order valence-corrected chi connectivity index (χ1v) is 10.4. The summed E-state index contributed by atoms with van der Waals surface area (Å²) in [5.74, 6) is -2.90. The number of hydrogen-bond donors (Lipinski definition) is 0. The van der Waals surface area contributed by atoms with Crippen molar-refractivity contribution in [2.24, 2.45) is 11.3 Å². The molecule has 0 radical (unpaired) electrons. The summed E-state index contributed by atoms with van der Waals surface area (Å²) in [4.78, 5) is 52.7. The van der Waals surface area contributed by atoms with Crippen LogP contribution in [-0.4, -0.2) is 37.2 Å². The molecule has 0 aromatic heterocycles. The molecule has 2 aromatic carbocycles. The van der Waals surface area contributed by atoms with E-state index in [0.29, 0.717) is 22.6 Å². The molecule has 2 aromatic rings. The van der Waals surface area contributed by atoms with Gasteiger partial charge in [-0.25, -0.2) is 4.79 Å². The number of amides is 1. The first kappa shape index (κ1) is 23.2. The monoisotopic (exact) mass is 437 g/mol. The molecule has 0 spiro atoms. The van der Waals surface area contributed by atoms with Crippen LogP contribution in [0.15, 0.2) is 48.5 Å². The molecule has 0 bridgehead atoms. The van der Waals surface area contributed by atoms with E-state index in [-0.39, 0.29) is 12.4 Å². The summed E-state index contributed by atoms with van der Waals surface area (Å²) in [5.41, 5.74) is 0.532. The summed E-state index contributed by atoms with van der Waals surface area (Å²) in [6.07, 6.45) is 0. The normalized spacial score (nSPS) is 18.6. The molecule has 7 heteroatoms. The van der Waals surface area contributed by atoms with Gasteiger partial charge in [-0.1, -0.05) is 32.9 Å². The van der Waals surface area contributed by atoms with Crippen LogP contribution in [0.2, 0.25) is 0 Å². The number of ether oxygens (including phenoxy) is 2. The van der Waals surface area contributed by atoms with Gasteiger partial charge in [0.05, 0.1) is 25.3 Å². The lowest BCUT2D eigenvalue weighted by atomic mass is 9.77. The Morgan fingerprint density at radius 3 is 2.25 bits per heavy atom. The molecule has 2 atom stereocenters. The average molecular weight is 437 g/mol. The fraction of sp³-hybridized carbons (Fsp3) is 0.360. The van der Waals surface area contributed by atoms with Crippen molar-refractivity contribution in [2.75, 3.05) is 18.6 Å². The molecule has 0 saturated carbocycles. The second-order valence-corrected chi connectivity index (χ2v) is 8.62. The molecule has 1 heterocycles. The molecule has 0 aliphatic carbocycles. The Morgan fingerprint density at radius 2 is 1.69 bits per heavy atom. The number of hydrogen-bond acceptors (Lipinski definition) is 6. The van der Waals surface area contributed by atoms with E-state index in [9.17, 15) is 19.2 Å². The number of Topliss-reactive ketones (excluding diaryl/α,β-unsaturated/α-hetero) is 2. The van der Waals surface area contributed by atoms with Crippen LogP contribution in [0.3, 0.4) is 0 Å². The lowest BCUT2D eigenvalue weighted by molar-refractivity contribution is -0.141. The SMILES string of the molecule is CCOC(=O)c1ccc(N2C(=O)C(=O)C(C(=O)C(C)(C)C)C2c2cccc(OC)c2)cc1. The van der Waals surface area contributed by atoms with E-state index in [2.05, 4.69) is 0 Å². The molecule has 1 aliphatic heterocycles. The van der Waals surface area contributed by atoms with E-state index >= 15 is 0 Å². The average Bonchev–Trinajstić information content (AvgIpc) is 3.03. The van der Waals surface area contributed by atoms with Crippen molar-refractivity contribution in [1.29, 1.82) is 0 Å². The highest BCUT2D eigenvalue weighted by Crippen LogP contribution is 2.43. The molecule has 0 N–H and O–H groups in total. The van der Waals surface area contributed by atoms with Gasteiger partial charge in [-0.15, -0.1) is 0 Å². The zero-order valence-electron chi connectivity index (χ0n) is 18.9. The molecule has 1 amide bonds. The molecule has 7 nitrogen and oxygen atoms in total. The summed E-state index contributed by atoms with van der Waals surface area (Å²) in [5, 5.41) is 0. The summed E-state index contributed by atoms with van der Waals surface area (Å²) in [6.45, 7) is 7.14. The number of benzene rings is 2. The Kier molecular flexibility index (Phi) is 6.48. The molecular formula is C25H27NO6. The van der Waals surface area contributed by atoms with Gasteiger partial charge in [0.15, 0.2) is 5.78 Å². The van der Waals surface area contributed by atoms with Gasteiger partial charge in [0, 0.05) is 11.1 Å². The van der Waals surface area contributed by atoms with Crippen molar-refractivity contribution in [3.63, 3.8) is 0 Å². The van der Waals surface area contributed by atoms with E-state index < -0.39 is 35.0 Å². The van der Waals surface area contributed by atoms with Crippen LogP contribution >= 0.6 is 0 Å². The third-order valence-corrected chi connectivity index (χ3v) is 5.42. The predicted molar refractivity (Wildman–Crippen MR) is 119 cm³/mol. The van der Waals surface area contributed by atoms with Crippen molar-refractivity contribution in [3.05, 3.63) is 59.7 Å². The first-order valence-electron chi connectivity index (χ1n) is 10.4. The smallest absolute Gasteiger partial charge is 0.338 e. The minimum Gasteiger partial charge on any atom is -0.497 e. The topological polar surface area (TPSA) is 90.0 Å². The minimum absolute atomic E-state index is 0.244. The van der Waals surface area contributed by atoms with Crippen molar-refractivity contribution < 1.29 is 28.7 Å². The van der Waals surface area contributed by atoms with Gasteiger partial charge in [0.2, 0.25) is 5.78 Å². The van der Waals surface area contributed by atoms with Gasteiger partial charge in [-0.05, 0) is 48.9 Å². The van der Waals surface area contributed by atoms with E-state index in [1.54, 1.807) is 64.1 Å². The molecule has 168 valence electrons. The number of methoxy groups -OCH3 is 1. The number of nitrogens with zero attached hydrogens (tertiary/aromatic N) is 1. The van der Waals surface area contributed by atoms with Crippen LogP contribution in [-0.2, 0) is 19.1 Å². The quantitative estimate of drug-likeness (QED) is 0.388. The van der Waals surface area contributed by atoms with Crippen LogP contribution in [0.5, 0.6) is 5.75 Å². The van der Waals surface area contributed by atoms with Crippen LogP contribution in [0.1, 0.15) is 49.7 Å². The summed E-state index contributed by atoms with van der Waals surface area (Å²) in [7, 11) is 1.52. The second-order valence-electron chi connectivity index (χ2n) is 8.62. The molecule has 32 heavy (non-hydrogen) atoms. The zero-order valence-corrected chi connectivity index (χ0v) is 18.9. The maximum absolute atomic E-state index is 13.3. The zero-order chi connectivity index (χ0) is 23.6. The van der Waals surface area contributed by atoms with Crippen molar-refractivity contribution >= 4 is 29.1 Å². The van der Waals surface area contributed by atoms with E-state index in [1.165, 1.54) is 24.1 Å². The highest BCUT2D eigenvalue weighted by Gasteiger charge is 2.54. The molecule has 1 saturated heterocycles. The molecular weight excluding hydrogens is 410 g/mol. The number of anilines is 1. The molecule has 2 unspecified atom stereocenters. The fourth-order valence-electron chi connectivity index (χ4n) is 3.82. The van der Waals surface area contributed by atoms with Crippen molar-refractivity contribution in [3.8, 4) is 5.75 Å². The Morgan fingerprint density at radius 1 is 1.03 bits per heavy atom. The summed E-state index contributed by atoms with van der Waals surface area (Å²) in [6, 6.07) is 12.4. The van der Waals surface area contributed by atoms with Gasteiger partial charge >= 0.3 is 5.97 Å². The number of carbonyl (C=O) groups excluding carboxylic acids is 4. The minimum atomic E-state index is -1.15. The van der Waals surface area contributed by atoms with E-state index in [4.69, 9.17) is 9.47 Å². The lowest BCUT2D eigenvalue weighted by Crippen LogP contribution is -2.35. The highest BCUT2D eigenvalue weighted by molar-refractivity contribution is 6.48. The van der Waals surface area contributed by atoms with Gasteiger partial charge in [0.25, 0.3) is 5.91 Å². The van der Waals surface area contributed by atoms with E-state index in [0.717, 1.165) is 0 Å². The standard InChI is InChI=1S/C25H27NO6/c1-6-32-24(30)15-10-12-17(13-11-15)26-20(16-8-7-9-18(14-16)31-5)19(21(27)23(26)29)22(28)25(2,3)4/h7-14,19-20H,6H2,1-5H3. The van der Waals surface area contributed by atoms with Gasteiger partial charge in [0.1, 0.15) is 11.7 Å². The largest absolute Gasteiger partial charge is 0.497 e. The second kappa shape index (κ2) is 8.94. The van der Waals surface area contributed by atoms with E-state index in [1.807, 2.05) is 0 Å².